The number of carbonyl (C=O) groups is 2. The average Bonchev–Trinajstić information content (AvgIpc) is 2.97. The zero-order valence-electron chi connectivity index (χ0n) is 12.7. The summed E-state index contributed by atoms with van der Waals surface area (Å²) in [5.74, 6) is 0.133. The summed E-state index contributed by atoms with van der Waals surface area (Å²) < 4.78 is 9.74. The maximum Gasteiger partial charge on any atom is 0.307 e. The Morgan fingerprint density at radius 1 is 1.29 bits per heavy atom. The molecule has 1 aromatic heterocycles. The van der Waals surface area contributed by atoms with Gasteiger partial charge in [-0.3, -0.25) is 9.59 Å². The van der Waals surface area contributed by atoms with Crippen molar-refractivity contribution >= 4 is 18.0 Å². The highest BCUT2D eigenvalue weighted by Crippen LogP contribution is 2.04. The summed E-state index contributed by atoms with van der Waals surface area (Å²) >= 11 is 0. The maximum absolute atomic E-state index is 12.2. The Morgan fingerprint density at radius 2 is 2.05 bits per heavy atom. The second-order valence-electron chi connectivity index (χ2n) is 4.80. The standard InChI is InChI=1S/C15H22N2O4/c1-16(2)10-11-17(9-8-15(19)20-3)14(18)7-6-13-5-4-12-21-13/h4-7,12H,8-11H2,1-3H3/b7-6+. The van der Waals surface area contributed by atoms with Crippen LogP contribution in [-0.2, 0) is 14.3 Å². The summed E-state index contributed by atoms with van der Waals surface area (Å²) in [7, 11) is 5.20. The monoisotopic (exact) mass is 294 g/mol. The summed E-state index contributed by atoms with van der Waals surface area (Å²) in [6, 6.07) is 3.52. The van der Waals surface area contributed by atoms with Crippen LogP contribution in [0.3, 0.4) is 0 Å². The van der Waals surface area contributed by atoms with Crippen LogP contribution >= 0.6 is 0 Å². The van der Waals surface area contributed by atoms with Gasteiger partial charge in [-0.25, -0.2) is 0 Å². The molecule has 0 spiro atoms. The van der Waals surface area contributed by atoms with Crippen LogP contribution in [0.2, 0.25) is 0 Å². The van der Waals surface area contributed by atoms with Gasteiger partial charge in [0.15, 0.2) is 0 Å². The molecule has 0 radical (unpaired) electrons. The first kappa shape index (κ1) is 17.0. The fourth-order valence-corrected chi connectivity index (χ4v) is 1.63. The molecule has 1 aromatic rings. The molecule has 0 fully saturated rings. The molecule has 1 amide bonds. The average molecular weight is 294 g/mol. The van der Waals surface area contributed by atoms with Gasteiger partial charge in [-0.1, -0.05) is 0 Å². The van der Waals surface area contributed by atoms with Crippen LogP contribution in [-0.4, -0.2) is 62.5 Å². The lowest BCUT2D eigenvalue weighted by Gasteiger charge is -2.22. The smallest absolute Gasteiger partial charge is 0.307 e. The van der Waals surface area contributed by atoms with Gasteiger partial charge >= 0.3 is 5.97 Å². The van der Waals surface area contributed by atoms with Gasteiger partial charge in [0.25, 0.3) is 0 Å². The maximum atomic E-state index is 12.2. The minimum Gasteiger partial charge on any atom is -0.469 e. The number of hydrogen-bond acceptors (Lipinski definition) is 5. The van der Waals surface area contributed by atoms with Crippen LogP contribution in [0.5, 0.6) is 0 Å². The second-order valence-corrected chi connectivity index (χ2v) is 4.80. The predicted octanol–water partition coefficient (Wildman–Crippen LogP) is 1.25. The molecule has 6 nitrogen and oxygen atoms in total. The van der Waals surface area contributed by atoms with E-state index in [1.165, 1.54) is 13.2 Å². The first-order chi connectivity index (χ1) is 10.0. The molecule has 0 N–H and O–H groups in total. The molecule has 0 bridgehead atoms. The van der Waals surface area contributed by atoms with Crippen LogP contribution in [0.4, 0.5) is 0 Å². The molecule has 1 heterocycles. The summed E-state index contributed by atoms with van der Waals surface area (Å²) in [5, 5.41) is 0. The summed E-state index contributed by atoms with van der Waals surface area (Å²) in [6.07, 6.45) is 4.80. The number of hydrogen-bond donors (Lipinski definition) is 0. The highest BCUT2D eigenvalue weighted by Gasteiger charge is 2.13. The van der Waals surface area contributed by atoms with Crippen LogP contribution in [0.15, 0.2) is 28.9 Å². The SMILES string of the molecule is COC(=O)CCN(CCN(C)C)C(=O)/C=C/c1ccco1. The zero-order valence-corrected chi connectivity index (χ0v) is 12.7. The molecule has 0 saturated heterocycles. The van der Waals surface area contributed by atoms with Gasteiger partial charge in [0.1, 0.15) is 5.76 Å². The molecule has 0 atom stereocenters. The number of nitrogens with zero attached hydrogens (tertiary/aromatic N) is 2. The topological polar surface area (TPSA) is 63.0 Å². The van der Waals surface area contributed by atoms with Crippen molar-refractivity contribution in [3.63, 3.8) is 0 Å². The molecule has 1 rings (SSSR count). The second kappa shape index (κ2) is 8.97. The third-order valence-electron chi connectivity index (χ3n) is 2.88. The number of amides is 1. The number of furan rings is 1. The highest BCUT2D eigenvalue weighted by molar-refractivity contribution is 5.91. The molecule has 0 saturated carbocycles. The first-order valence-electron chi connectivity index (χ1n) is 6.75. The van der Waals surface area contributed by atoms with E-state index in [1.807, 2.05) is 19.0 Å². The Bertz CT molecular complexity index is 466. The van der Waals surface area contributed by atoms with Crippen molar-refractivity contribution in [3.05, 3.63) is 30.2 Å². The van der Waals surface area contributed by atoms with Gasteiger partial charge in [-0.05, 0) is 32.3 Å². The van der Waals surface area contributed by atoms with E-state index in [2.05, 4.69) is 4.74 Å². The van der Waals surface area contributed by atoms with Gasteiger partial charge in [-0.2, -0.15) is 0 Å². The van der Waals surface area contributed by atoms with E-state index in [-0.39, 0.29) is 18.3 Å². The fraction of sp³-hybridized carbons (Fsp3) is 0.467. The lowest BCUT2D eigenvalue weighted by atomic mass is 10.3. The van der Waals surface area contributed by atoms with Crippen molar-refractivity contribution in [2.75, 3.05) is 40.8 Å². The molecule has 0 aromatic carbocycles. The lowest BCUT2D eigenvalue weighted by Crippen LogP contribution is -2.37. The summed E-state index contributed by atoms with van der Waals surface area (Å²) in [6.45, 7) is 1.61. The summed E-state index contributed by atoms with van der Waals surface area (Å²) in [4.78, 5) is 27.0. The Morgan fingerprint density at radius 3 is 2.62 bits per heavy atom. The molecule has 0 unspecified atom stereocenters. The largest absolute Gasteiger partial charge is 0.469 e. The zero-order chi connectivity index (χ0) is 15.7. The van der Waals surface area contributed by atoms with E-state index in [9.17, 15) is 9.59 Å². The first-order valence-corrected chi connectivity index (χ1v) is 6.75. The van der Waals surface area contributed by atoms with Crippen molar-refractivity contribution in [1.29, 1.82) is 0 Å². The normalized spacial score (nSPS) is 11.0. The fourth-order valence-electron chi connectivity index (χ4n) is 1.63. The van der Waals surface area contributed by atoms with E-state index in [0.29, 0.717) is 18.8 Å². The molecule has 116 valence electrons. The minimum absolute atomic E-state index is 0.155. The van der Waals surface area contributed by atoms with Crippen molar-refractivity contribution < 1.29 is 18.7 Å². The number of likely N-dealkylation sites (N-methyl/N-ethyl adjacent to an activating group) is 1. The van der Waals surface area contributed by atoms with Crippen LogP contribution < -0.4 is 0 Å². The van der Waals surface area contributed by atoms with E-state index in [4.69, 9.17) is 4.42 Å². The van der Waals surface area contributed by atoms with E-state index < -0.39 is 0 Å². The van der Waals surface area contributed by atoms with Gasteiger partial charge in [-0.15, -0.1) is 0 Å². The highest BCUT2D eigenvalue weighted by atomic mass is 16.5. The van der Waals surface area contributed by atoms with Crippen molar-refractivity contribution in [2.24, 2.45) is 0 Å². The Labute approximate surface area is 125 Å². The third-order valence-corrected chi connectivity index (χ3v) is 2.88. The molecule has 6 heteroatoms. The number of rotatable bonds is 8. The van der Waals surface area contributed by atoms with E-state index >= 15 is 0 Å². The molecular weight excluding hydrogens is 272 g/mol. The third kappa shape index (κ3) is 6.76. The van der Waals surface area contributed by atoms with Gasteiger partial charge < -0.3 is 19.0 Å². The van der Waals surface area contributed by atoms with Crippen LogP contribution in [0.25, 0.3) is 6.08 Å². The predicted molar refractivity (Wildman–Crippen MR) is 79.5 cm³/mol. The van der Waals surface area contributed by atoms with Crippen molar-refractivity contribution in [3.8, 4) is 0 Å². The molecule has 0 aliphatic carbocycles. The number of esters is 1. The minimum atomic E-state index is -0.326. The van der Waals surface area contributed by atoms with Crippen LogP contribution in [0, 0.1) is 0 Å². The van der Waals surface area contributed by atoms with E-state index in [1.54, 1.807) is 29.4 Å². The number of ether oxygens (including phenoxy) is 1. The number of carbonyl (C=O) groups excluding carboxylic acids is 2. The van der Waals surface area contributed by atoms with Crippen LogP contribution in [0.1, 0.15) is 12.2 Å². The molecule has 0 aliphatic heterocycles. The Balaban J connectivity index is 2.60. The van der Waals surface area contributed by atoms with E-state index in [0.717, 1.165) is 6.54 Å². The van der Waals surface area contributed by atoms with Crippen molar-refractivity contribution in [1.82, 2.24) is 9.80 Å². The molecule has 0 aliphatic rings. The van der Waals surface area contributed by atoms with Gasteiger partial charge in [0.2, 0.25) is 5.91 Å². The molecule has 21 heavy (non-hydrogen) atoms. The lowest BCUT2D eigenvalue weighted by molar-refractivity contribution is -0.141. The number of methoxy groups -OCH3 is 1. The van der Waals surface area contributed by atoms with Gasteiger partial charge in [0, 0.05) is 25.7 Å². The quantitative estimate of drug-likeness (QED) is 0.533. The Kier molecular flexibility index (Phi) is 7.25. The Hall–Kier alpha value is -2.08. The van der Waals surface area contributed by atoms with Gasteiger partial charge in [0.05, 0.1) is 19.8 Å². The summed E-state index contributed by atoms with van der Waals surface area (Å²) in [5.41, 5.74) is 0. The van der Waals surface area contributed by atoms with Crippen molar-refractivity contribution in [2.45, 2.75) is 6.42 Å². The molecular formula is C15H22N2O4.